The lowest BCUT2D eigenvalue weighted by Crippen LogP contribution is -2.32. The first-order chi connectivity index (χ1) is 12.0. The number of para-hydroxylation sites is 2. The minimum atomic E-state index is -0.641. The normalized spacial score (nSPS) is 11.3. The minimum Gasteiger partial charge on any atom is -0.496 e. The number of nitro benzene ring substituents is 1. The average Bonchev–Trinajstić information content (AvgIpc) is 2.62. The van der Waals surface area contributed by atoms with Gasteiger partial charge in [0.1, 0.15) is 23.2 Å². The number of carbonyl (C=O) groups excluding carboxylic acids is 1. The van der Waals surface area contributed by atoms with Gasteiger partial charge in [-0.05, 0) is 31.2 Å². The number of amides is 1. The van der Waals surface area contributed by atoms with E-state index in [4.69, 9.17) is 9.47 Å². The fraction of sp³-hybridized carbons (Fsp3) is 0.235. The number of nitro groups is 1. The quantitative estimate of drug-likeness (QED) is 0.590. The number of carbonyl (C=O) groups is 1. The Bertz CT molecular complexity index is 779. The second kappa shape index (κ2) is 8.00. The van der Waals surface area contributed by atoms with Gasteiger partial charge >= 0.3 is 0 Å². The zero-order chi connectivity index (χ0) is 18.4. The average molecular weight is 345 g/mol. The first-order valence-electron chi connectivity index (χ1n) is 7.49. The second-order valence-electron chi connectivity index (χ2n) is 5.20. The van der Waals surface area contributed by atoms with Gasteiger partial charge in [0.25, 0.3) is 5.69 Å². The largest absolute Gasteiger partial charge is 0.496 e. The molecule has 2 rings (SSSR count). The Morgan fingerprint density at radius 3 is 2.48 bits per heavy atom. The summed E-state index contributed by atoms with van der Waals surface area (Å²) in [6.45, 7) is 1.65. The van der Waals surface area contributed by atoms with Crippen molar-refractivity contribution in [3.8, 4) is 11.5 Å². The topological polar surface area (TPSA) is 103 Å². The van der Waals surface area contributed by atoms with Gasteiger partial charge in [-0.15, -0.1) is 0 Å². The fourth-order valence-corrected chi connectivity index (χ4v) is 2.20. The van der Waals surface area contributed by atoms with Crippen molar-refractivity contribution in [2.45, 2.75) is 13.0 Å². The predicted octanol–water partition coefficient (Wildman–Crippen LogP) is 3.05. The number of nitrogens with zero attached hydrogens (tertiary/aromatic N) is 1. The van der Waals surface area contributed by atoms with E-state index in [1.165, 1.54) is 26.4 Å². The van der Waals surface area contributed by atoms with Crippen LogP contribution in [0.15, 0.2) is 42.5 Å². The Kier molecular flexibility index (Phi) is 5.78. The standard InChI is InChI=1S/C17H19N3O5/c1-11(18-14-6-4-5-7-16(14)25-3)17(21)19-13-9-8-12(24-2)10-15(13)20(22)23/h4-11,18H,1-3H3,(H,19,21)/t11-/m0/s1. The van der Waals surface area contributed by atoms with E-state index in [-0.39, 0.29) is 11.4 Å². The molecule has 0 saturated heterocycles. The van der Waals surface area contributed by atoms with E-state index in [0.29, 0.717) is 17.2 Å². The zero-order valence-electron chi connectivity index (χ0n) is 14.1. The monoisotopic (exact) mass is 345 g/mol. The summed E-state index contributed by atoms with van der Waals surface area (Å²) in [4.78, 5) is 23.0. The highest BCUT2D eigenvalue weighted by molar-refractivity contribution is 5.98. The van der Waals surface area contributed by atoms with Crippen LogP contribution < -0.4 is 20.1 Å². The Morgan fingerprint density at radius 2 is 1.84 bits per heavy atom. The molecule has 0 aliphatic carbocycles. The lowest BCUT2D eigenvalue weighted by molar-refractivity contribution is -0.384. The van der Waals surface area contributed by atoms with Gasteiger partial charge in [-0.3, -0.25) is 14.9 Å². The van der Waals surface area contributed by atoms with Gasteiger partial charge in [0, 0.05) is 0 Å². The second-order valence-corrected chi connectivity index (χ2v) is 5.20. The number of benzene rings is 2. The van der Waals surface area contributed by atoms with Crippen LogP contribution in [0.4, 0.5) is 17.1 Å². The van der Waals surface area contributed by atoms with Gasteiger partial charge in [0.15, 0.2) is 0 Å². The molecule has 0 spiro atoms. The Labute approximate surface area is 144 Å². The molecule has 1 amide bonds. The lowest BCUT2D eigenvalue weighted by Gasteiger charge is -2.17. The van der Waals surface area contributed by atoms with Gasteiger partial charge in [-0.1, -0.05) is 12.1 Å². The van der Waals surface area contributed by atoms with Gasteiger partial charge in [0.05, 0.1) is 30.9 Å². The molecule has 0 aromatic heterocycles. The molecule has 0 bridgehead atoms. The molecule has 0 radical (unpaired) electrons. The van der Waals surface area contributed by atoms with Crippen molar-refractivity contribution < 1.29 is 19.2 Å². The molecular formula is C17H19N3O5. The summed E-state index contributed by atoms with van der Waals surface area (Å²) < 4.78 is 10.2. The van der Waals surface area contributed by atoms with Crippen molar-refractivity contribution in [1.82, 2.24) is 0 Å². The van der Waals surface area contributed by atoms with Crippen LogP contribution in [0.3, 0.4) is 0 Å². The van der Waals surface area contributed by atoms with Gasteiger partial charge < -0.3 is 20.1 Å². The van der Waals surface area contributed by atoms with E-state index >= 15 is 0 Å². The molecule has 2 N–H and O–H groups in total. The maximum atomic E-state index is 12.4. The molecule has 1 atom stereocenters. The summed E-state index contributed by atoms with van der Waals surface area (Å²) in [6.07, 6.45) is 0. The molecular weight excluding hydrogens is 326 g/mol. The van der Waals surface area contributed by atoms with Gasteiger partial charge in [-0.2, -0.15) is 0 Å². The highest BCUT2D eigenvalue weighted by Crippen LogP contribution is 2.29. The molecule has 8 heteroatoms. The SMILES string of the molecule is COc1ccc(NC(=O)[C@H](C)Nc2ccccc2OC)c([N+](=O)[O-])c1. The predicted molar refractivity (Wildman–Crippen MR) is 94.4 cm³/mol. The van der Waals surface area contributed by atoms with Crippen molar-refractivity contribution in [3.63, 3.8) is 0 Å². The van der Waals surface area contributed by atoms with Crippen LogP contribution in [0.25, 0.3) is 0 Å². The molecule has 0 aliphatic rings. The zero-order valence-corrected chi connectivity index (χ0v) is 14.1. The van der Waals surface area contributed by atoms with E-state index in [2.05, 4.69) is 10.6 Å². The first-order valence-corrected chi connectivity index (χ1v) is 7.49. The number of hydrogen-bond donors (Lipinski definition) is 2. The highest BCUT2D eigenvalue weighted by atomic mass is 16.6. The Hall–Kier alpha value is -3.29. The number of ether oxygens (including phenoxy) is 2. The molecule has 0 unspecified atom stereocenters. The van der Waals surface area contributed by atoms with Crippen LogP contribution in [-0.4, -0.2) is 31.1 Å². The first kappa shape index (κ1) is 18.1. The minimum absolute atomic E-state index is 0.101. The molecule has 2 aromatic rings. The van der Waals surface area contributed by atoms with Crippen LogP contribution in [0.5, 0.6) is 11.5 Å². The summed E-state index contributed by atoms with van der Waals surface area (Å²) in [7, 11) is 2.95. The molecule has 8 nitrogen and oxygen atoms in total. The molecule has 0 saturated carbocycles. The number of hydrogen-bond acceptors (Lipinski definition) is 6. The van der Waals surface area contributed by atoms with Crippen LogP contribution in [0, 0.1) is 10.1 Å². The summed E-state index contributed by atoms with van der Waals surface area (Å²) in [5.41, 5.74) is 0.513. The summed E-state index contributed by atoms with van der Waals surface area (Å²) in [5, 5.41) is 16.8. The van der Waals surface area contributed by atoms with Gasteiger partial charge in [-0.25, -0.2) is 0 Å². The molecule has 0 aliphatic heterocycles. The van der Waals surface area contributed by atoms with Crippen LogP contribution in [0.2, 0.25) is 0 Å². The van der Waals surface area contributed by atoms with Crippen molar-refractivity contribution in [2.24, 2.45) is 0 Å². The third kappa shape index (κ3) is 4.37. The third-order valence-electron chi connectivity index (χ3n) is 3.53. The van der Waals surface area contributed by atoms with Crippen LogP contribution in [-0.2, 0) is 4.79 Å². The highest BCUT2D eigenvalue weighted by Gasteiger charge is 2.20. The maximum Gasteiger partial charge on any atom is 0.296 e. The summed E-state index contributed by atoms with van der Waals surface area (Å²) in [5.74, 6) is 0.515. The van der Waals surface area contributed by atoms with Crippen molar-refractivity contribution in [3.05, 3.63) is 52.6 Å². The maximum absolute atomic E-state index is 12.4. The molecule has 2 aromatic carbocycles. The van der Waals surface area contributed by atoms with Crippen molar-refractivity contribution in [1.29, 1.82) is 0 Å². The lowest BCUT2D eigenvalue weighted by atomic mass is 10.2. The molecule has 0 heterocycles. The van der Waals surface area contributed by atoms with E-state index in [1.807, 2.05) is 12.1 Å². The van der Waals surface area contributed by atoms with E-state index in [1.54, 1.807) is 25.1 Å². The van der Waals surface area contributed by atoms with E-state index in [9.17, 15) is 14.9 Å². The number of nitrogens with one attached hydrogen (secondary N) is 2. The smallest absolute Gasteiger partial charge is 0.296 e. The third-order valence-corrected chi connectivity index (χ3v) is 3.53. The molecule has 132 valence electrons. The van der Waals surface area contributed by atoms with Crippen molar-refractivity contribution >= 4 is 23.0 Å². The number of methoxy groups -OCH3 is 2. The summed E-state index contributed by atoms with van der Waals surface area (Å²) in [6, 6.07) is 10.8. The van der Waals surface area contributed by atoms with Crippen LogP contribution in [0.1, 0.15) is 6.92 Å². The number of anilines is 2. The Morgan fingerprint density at radius 1 is 1.12 bits per heavy atom. The van der Waals surface area contributed by atoms with Crippen LogP contribution >= 0.6 is 0 Å². The van der Waals surface area contributed by atoms with E-state index < -0.39 is 16.9 Å². The van der Waals surface area contributed by atoms with Gasteiger partial charge in [0.2, 0.25) is 5.91 Å². The van der Waals surface area contributed by atoms with E-state index in [0.717, 1.165) is 0 Å². The molecule has 25 heavy (non-hydrogen) atoms. The Balaban J connectivity index is 2.15. The fourth-order valence-electron chi connectivity index (χ4n) is 2.20. The molecule has 0 fully saturated rings. The number of rotatable bonds is 7. The van der Waals surface area contributed by atoms with Crippen molar-refractivity contribution in [2.75, 3.05) is 24.9 Å². The summed E-state index contributed by atoms with van der Waals surface area (Å²) >= 11 is 0.